The average Bonchev–Trinajstić information content (AvgIpc) is 2.25. The molecule has 16 heavy (non-hydrogen) atoms. The second-order valence-electron chi connectivity index (χ2n) is 4.46. The number of ether oxygens (including phenoxy) is 1. The van der Waals surface area contributed by atoms with Crippen molar-refractivity contribution in [2.24, 2.45) is 5.41 Å². The fourth-order valence-electron chi connectivity index (χ4n) is 0.964. The predicted octanol–water partition coefficient (Wildman–Crippen LogP) is 2.34. The Hall–Kier alpha value is -1.16. The van der Waals surface area contributed by atoms with Crippen LogP contribution in [0.5, 0.6) is 0 Å². The van der Waals surface area contributed by atoms with Crippen molar-refractivity contribution in [1.29, 1.82) is 0 Å². The second-order valence-corrected chi connectivity index (χ2v) is 5.86. The molecule has 0 bridgehead atoms. The number of carbonyl (C=O) groups is 1. The normalized spacial score (nSPS) is 13.2. The van der Waals surface area contributed by atoms with Gasteiger partial charge in [0.25, 0.3) is 0 Å². The quantitative estimate of drug-likeness (QED) is 0.762. The zero-order chi connectivity index (χ0) is 12.2. The number of esters is 1. The van der Waals surface area contributed by atoms with Crippen LogP contribution < -0.4 is 0 Å². The van der Waals surface area contributed by atoms with Crippen LogP contribution in [0.25, 0.3) is 0 Å². The van der Waals surface area contributed by atoms with Crippen molar-refractivity contribution < 1.29 is 13.7 Å². The third kappa shape index (κ3) is 3.77. The van der Waals surface area contributed by atoms with Gasteiger partial charge >= 0.3 is 5.97 Å². The molecule has 0 saturated carbocycles. The van der Waals surface area contributed by atoms with Crippen LogP contribution in [0.3, 0.4) is 0 Å². The first-order chi connectivity index (χ1) is 7.41. The molecule has 4 heteroatoms. The predicted molar refractivity (Wildman–Crippen MR) is 63.3 cm³/mol. The summed E-state index contributed by atoms with van der Waals surface area (Å²) >= 11 is 0. The first kappa shape index (κ1) is 12.9. The zero-order valence-electron chi connectivity index (χ0n) is 9.73. The SMILES string of the molecule is CC(C)(C)C(=O)OCS(=O)c1ccccc1. The lowest BCUT2D eigenvalue weighted by Crippen LogP contribution is -2.24. The molecule has 0 amide bonds. The molecule has 0 aliphatic heterocycles. The minimum atomic E-state index is -1.28. The standard InChI is InChI=1S/C12H16O3S/c1-12(2,3)11(13)15-9-16(14)10-7-5-4-6-8-10/h4-8H,9H2,1-3H3. The molecule has 0 aromatic heterocycles. The fraction of sp³-hybridized carbons (Fsp3) is 0.417. The zero-order valence-corrected chi connectivity index (χ0v) is 10.5. The molecule has 0 heterocycles. The monoisotopic (exact) mass is 240 g/mol. The molecule has 0 aliphatic carbocycles. The van der Waals surface area contributed by atoms with Crippen molar-refractivity contribution >= 4 is 16.8 Å². The van der Waals surface area contributed by atoms with Gasteiger partial charge in [-0.3, -0.25) is 9.00 Å². The second kappa shape index (κ2) is 5.25. The highest BCUT2D eigenvalue weighted by molar-refractivity contribution is 7.84. The topological polar surface area (TPSA) is 43.4 Å². The molecule has 3 nitrogen and oxygen atoms in total. The minimum Gasteiger partial charge on any atom is -0.451 e. The summed E-state index contributed by atoms with van der Waals surface area (Å²) in [5, 5.41) is 0. The molecular weight excluding hydrogens is 224 g/mol. The largest absolute Gasteiger partial charge is 0.451 e. The molecule has 0 saturated heterocycles. The molecule has 0 N–H and O–H groups in total. The third-order valence-electron chi connectivity index (χ3n) is 1.92. The molecule has 1 rings (SSSR count). The molecule has 1 unspecified atom stereocenters. The number of benzene rings is 1. The van der Waals surface area contributed by atoms with Crippen LogP contribution >= 0.6 is 0 Å². The van der Waals surface area contributed by atoms with Gasteiger partial charge in [0, 0.05) is 4.90 Å². The van der Waals surface area contributed by atoms with Crippen LogP contribution in [0.1, 0.15) is 20.8 Å². The van der Waals surface area contributed by atoms with Crippen molar-refractivity contribution in [3.63, 3.8) is 0 Å². The molecule has 1 aromatic rings. The highest BCUT2D eigenvalue weighted by Gasteiger charge is 2.23. The highest BCUT2D eigenvalue weighted by atomic mass is 32.2. The molecular formula is C12H16O3S. The van der Waals surface area contributed by atoms with Gasteiger partial charge in [-0.1, -0.05) is 18.2 Å². The van der Waals surface area contributed by atoms with Crippen LogP contribution in [-0.2, 0) is 20.3 Å². The van der Waals surface area contributed by atoms with E-state index in [0.717, 1.165) is 0 Å². The van der Waals surface area contributed by atoms with Gasteiger partial charge in [0.2, 0.25) is 0 Å². The van der Waals surface area contributed by atoms with Crippen LogP contribution in [0, 0.1) is 5.41 Å². The van der Waals surface area contributed by atoms with Gasteiger partial charge in [0.1, 0.15) is 0 Å². The van der Waals surface area contributed by atoms with Crippen molar-refractivity contribution in [2.45, 2.75) is 25.7 Å². The van der Waals surface area contributed by atoms with Crippen LogP contribution in [0.2, 0.25) is 0 Å². The van der Waals surface area contributed by atoms with E-state index >= 15 is 0 Å². The lowest BCUT2D eigenvalue weighted by Gasteiger charge is -2.16. The van der Waals surface area contributed by atoms with Gasteiger partial charge < -0.3 is 4.74 Å². The summed E-state index contributed by atoms with van der Waals surface area (Å²) in [6.45, 7) is 5.29. The summed E-state index contributed by atoms with van der Waals surface area (Å²) in [5.41, 5.74) is -0.555. The maximum atomic E-state index is 11.7. The Balaban J connectivity index is 2.52. The van der Waals surface area contributed by atoms with Gasteiger partial charge in [-0.05, 0) is 32.9 Å². The summed E-state index contributed by atoms with van der Waals surface area (Å²) in [7, 11) is -1.28. The fourth-order valence-corrected chi connectivity index (χ4v) is 1.77. The van der Waals surface area contributed by atoms with Crippen molar-refractivity contribution in [3.05, 3.63) is 30.3 Å². The molecule has 0 aliphatic rings. The van der Waals surface area contributed by atoms with Gasteiger partial charge in [-0.2, -0.15) is 0 Å². The molecule has 0 radical (unpaired) electrons. The smallest absolute Gasteiger partial charge is 0.312 e. The Kier molecular flexibility index (Phi) is 4.24. The van der Waals surface area contributed by atoms with Crippen LogP contribution in [-0.4, -0.2) is 16.1 Å². The van der Waals surface area contributed by atoms with Gasteiger partial charge in [0.15, 0.2) is 5.94 Å². The number of rotatable bonds is 3. The molecule has 1 aromatic carbocycles. The van der Waals surface area contributed by atoms with E-state index in [0.29, 0.717) is 4.90 Å². The van der Waals surface area contributed by atoms with E-state index in [1.54, 1.807) is 45.0 Å². The van der Waals surface area contributed by atoms with Crippen molar-refractivity contribution in [2.75, 3.05) is 5.94 Å². The Morgan fingerprint density at radius 3 is 2.31 bits per heavy atom. The highest BCUT2D eigenvalue weighted by Crippen LogP contribution is 2.16. The van der Waals surface area contributed by atoms with Gasteiger partial charge in [-0.15, -0.1) is 0 Å². The lowest BCUT2D eigenvalue weighted by atomic mass is 9.98. The van der Waals surface area contributed by atoms with E-state index in [4.69, 9.17) is 4.74 Å². The third-order valence-corrected chi connectivity index (χ3v) is 3.05. The maximum absolute atomic E-state index is 11.7. The molecule has 0 spiro atoms. The van der Waals surface area contributed by atoms with E-state index in [-0.39, 0.29) is 11.9 Å². The summed E-state index contributed by atoms with van der Waals surface area (Å²) in [6, 6.07) is 8.96. The minimum absolute atomic E-state index is 0.0832. The summed E-state index contributed by atoms with van der Waals surface area (Å²) in [6.07, 6.45) is 0. The van der Waals surface area contributed by atoms with E-state index < -0.39 is 16.2 Å². The summed E-state index contributed by atoms with van der Waals surface area (Å²) < 4.78 is 16.7. The Bertz CT molecular complexity index is 379. The van der Waals surface area contributed by atoms with Crippen molar-refractivity contribution in [1.82, 2.24) is 0 Å². The molecule has 1 atom stereocenters. The Morgan fingerprint density at radius 2 is 1.81 bits per heavy atom. The average molecular weight is 240 g/mol. The van der Waals surface area contributed by atoms with Gasteiger partial charge in [-0.25, -0.2) is 0 Å². The maximum Gasteiger partial charge on any atom is 0.312 e. The summed E-state index contributed by atoms with van der Waals surface area (Å²) in [5.74, 6) is -0.420. The summed E-state index contributed by atoms with van der Waals surface area (Å²) in [4.78, 5) is 12.1. The van der Waals surface area contributed by atoms with Gasteiger partial charge in [0.05, 0.1) is 16.2 Å². The lowest BCUT2D eigenvalue weighted by molar-refractivity contribution is -0.150. The van der Waals surface area contributed by atoms with E-state index in [2.05, 4.69) is 0 Å². The number of hydrogen-bond acceptors (Lipinski definition) is 3. The van der Waals surface area contributed by atoms with Crippen LogP contribution in [0.4, 0.5) is 0 Å². The van der Waals surface area contributed by atoms with Crippen LogP contribution in [0.15, 0.2) is 35.2 Å². The van der Waals surface area contributed by atoms with E-state index in [9.17, 15) is 9.00 Å². The first-order valence-corrected chi connectivity index (χ1v) is 6.34. The van der Waals surface area contributed by atoms with Crippen molar-refractivity contribution in [3.8, 4) is 0 Å². The molecule has 88 valence electrons. The first-order valence-electron chi connectivity index (χ1n) is 5.02. The Labute approximate surface area is 98.3 Å². The number of hydrogen-bond donors (Lipinski definition) is 0. The molecule has 0 fully saturated rings. The van der Waals surface area contributed by atoms with E-state index in [1.165, 1.54) is 0 Å². The van der Waals surface area contributed by atoms with E-state index in [1.807, 2.05) is 6.07 Å². The number of carbonyl (C=O) groups excluding carboxylic acids is 1. The Morgan fingerprint density at radius 1 is 1.25 bits per heavy atom.